The zero-order chi connectivity index (χ0) is 16.0. The van der Waals surface area contributed by atoms with Gasteiger partial charge in [-0.15, -0.1) is 0 Å². The number of amides is 1. The highest BCUT2D eigenvalue weighted by atomic mass is 35.5. The Morgan fingerprint density at radius 1 is 1.24 bits per heavy atom. The van der Waals surface area contributed by atoms with Gasteiger partial charge in [-0.25, -0.2) is 0 Å². The van der Waals surface area contributed by atoms with Crippen molar-refractivity contribution >= 4 is 34.9 Å². The number of halogens is 2. The van der Waals surface area contributed by atoms with Crippen LogP contribution >= 0.6 is 23.2 Å². The third-order valence-electron chi connectivity index (χ3n) is 2.86. The minimum Gasteiger partial charge on any atom is -0.394 e. The second kappa shape index (κ2) is 8.31. The number of carbonyl (C=O) groups is 2. The molecule has 0 aliphatic rings. The number of Topliss-reactive ketones (excluding diaryl/α,β-unsaturated/α-hetero) is 1. The maximum atomic E-state index is 11.4. The van der Waals surface area contributed by atoms with Gasteiger partial charge >= 0.3 is 0 Å². The van der Waals surface area contributed by atoms with E-state index in [4.69, 9.17) is 28.9 Å². The molecule has 6 nitrogen and oxygen atoms in total. The molecule has 21 heavy (non-hydrogen) atoms. The number of rotatable bonds is 7. The normalized spacial score (nSPS) is 13.8. The summed E-state index contributed by atoms with van der Waals surface area (Å²) in [6.45, 7) is -0.610. The summed E-state index contributed by atoms with van der Waals surface area (Å²) in [6, 6.07) is 5.09. The van der Waals surface area contributed by atoms with Crippen LogP contribution in [-0.2, 0) is 4.79 Å². The predicted molar refractivity (Wildman–Crippen MR) is 79.3 cm³/mol. The van der Waals surface area contributed by atoms with E-state index < -0.39 is 29.5 Å². The average Bonchev–Trinajstić information content (AvgIpc) is 2.50. The van der Waals surface area contributed by atoms with E-state index in [-0.39, 0.29) is 12.3 Å². The van der Waals surface area contributed by atoms with E-state index in [1.807, 2.05) is 0 Å². The lowest BCUT2D eigenvalue weighted by Gasteiger charge is -2.23. The molecule has 0 aliphatic heterocycles. The van der Waals surface area contributed by atoms with Crippen LogP contribution < -0.4 is 11.1 Å². The minimum absolute atomic E-state index is 0.107. The standard InChI is InChI=1S/C13H16Cl2N2O4/c14-12(15)13(21)17-9(6-18)11(20)8-3-1-7(2-4-8)10(19)5-16/h1-4,9,11-12,18,20H,5-6,16H2,(H,17,21). The number of aliphatic hydroxyl groups is 2. The van der Waals surface area contributed by atoms with Crippen molar-refractivity contribution in [2.75, 3.05) is 13.2 Å². The number of hydrogen-bond acceptors (Lipinski definition) is 5. The molecule has 0 spiro atoms. The van der Waals surface area contributed by atoms with Gasteiger partial charge in [0.25, 0.3) is 5.91 Å². The smallest absolute Gasteiger partial charge is 0.253 e. The van der Waals surface area contributed by atoms with E-state index in [0.29, 0.717) is 11.1 Å². The molecule has 1 amide bonds. The highest BCUT2D eigenvalue weighted by Gasteiger charge is 2.24. The summed E-state index contributed by atoms with van der Waals surface area (Å²) in [5.74, 6) is -0.943. The van der Waals surface area contributed by atoms with Crippen molar-refractivity contribution < 1.29 is 19.8 Å². The summed E-state index contributed by atoms with van der Waals surface area (Å²) in [5, 5.41) is 21.7. The van der Waals surface area contributed by atoms with E-state index in [0.717, 1.165) is 0 Å². The van der Waals surface area contributed by atoms with Crippen molar-refractivity contribution in [2.24, 2.45) is 5.73 Å². The lowest BCUT2D eigenvalue weighted by Crippen LogP contribution is -2.44. The molecular weight excluding hydrogens is 319 g/mol. The second-order valence-corrected chi connectivity index (χ2v) is 5.39. The Labute approximate surface area is 131 Å². The van der Waals surface area contributed by atoms with Crippen molar-refractivity contribution in [3.05, 3.63) is 35.4 Å². The van der Waals surface area contributed by atoms with Crippen LogP contribution in [0.5, 0.6) is 0 Å². The van der Waals surface area contributed by atoms with Crippen LogP contribution in [0.4, 0.5) is 0 Å². The van der Waals surface area contributed by atoms with Gasteiger partial charge in [0, 0.05) is 5.56 Å². The number of hydrogen-bond donors (Lipinski definition) is 4. The van der Waals surface area contributed by atoms with Gasteiger partial charge in [-0.2, -0.15) is 0 Å². The average molecular weight is 335 g/mol. The van der Waals surface area contributed by atoms with Crippen molar-refractivity contribution in [3.63, 3.8) is 0 Å². The molecule has 0 heterocycles. The third-order valence-corrected chi connectivity index (χ3v) is 3.26. The number of nitrogens with two attached hydrogens (primary N) is 1. The molecule has 2 unspecified atom stereocenters. The molecule has 116 valence electrons. The zero-order valence-electron chi connectivity index (χ0n) is 11.0. The first-order valence-corrected chi connectivity index (χ1v) is 6.98. The quantitative estimate of drug-likeness (QED) is 0.418. The van der Waals surface area contributed by atoms with Gasteiger partial charge in [0.1, 0.15) is 6.10 Å². The summed E-state index contributed by atoms with van der Waals surface area (Å²) < 4.78 is 0. The molecular formula is C13H16Cl2N2O4. The molecule has 5 N–H and O–H groups in total. The molecule has 0 bridgehead atoms. The van der Waals surface area contributed by atoms with Crippen LogP contribution in [0.3, 0.4) is 0 Å². The van der Waals surface area contributed by atoms with E-state index in [9.17, 15) is 19.8 Å². The van der Waals surface area contributed by atoms with Crippen LogP contribution in [0, 0.1) is 0 Å². The van der Waals surface area contributed by atoms with E-state index in [1.54, 1.807) is 0 Å². The molecule has 1 aromatic carbocycles. The molecule has 0 saturated heterocycles. The molecule has 2 atom stereocenters. The monoisotopic (exact) mass is 334 g/mol. The van der Waals surface area contributed by atoms with Gasteiger partial charge < -0.3 is 21.3 Å². The molecule has 1 rings (SSSR count). The first-order chi connectivity index (χ1) is 9.90. The second-order valence-electron chi connectivity index (χ2n) is 4.29. The highest BCUT2D eigenvalue weighted by molar-refractivity contribution is 6.53. The molecule has 0 saturated carbocycles. The van der Waals surface area contributed by atoms with E-state index in [2.05, 4.69) is 5.32 Å². The lowest BCUT2D eigenvalue weighted by molar-refractivity contribution is -0.121. The van der Waals surface area contributed by atoms with E-state index >= 15 is 0 Å². The molecule has 8 heteroatoms. The Kier molecular flexibility index (Phi) is 7.07. The Morgan fingerprint density at radius 2 is 1.81 bits per heavy atom. The number of aliphatic hydroxyl groups excluding tert-OH is 2. The Morgan fingerprint density at radius 3 is 2.24 bits per heavy atom. The maximum absolute atomic E-state index is 11.4. The lowest BCUT2D eigenvalue weighted by atomic mass is 10.00. The summed E-state index contributed by atoms with van der Waals surface area (Å²) in [4.78, 5) is 21.5. The molecule has 0 radical (unpaired) electrons. The number of ketones is 1. The summed E-state index contributed by atoms with van der Waals surface area (Å²) in [5.41, 5.74) is 6.09. The number of alkyl halides is 2. The van der Waals surface area contributed by atoms with Crippen LogP contribution in [0.1, 0.15) is 22.0 Å². The Balaban J connectivity index is 2.82. The van der Waals surface area contributed by atoms with Crippen LogP contribution in [0.15, 0.2) is 24.3 Å². The Bertz CT molecular complexity index is 493. The van der Waals surface area contributed by atoms with Crippen LogP contribution in [0.2, 0.25) is 0 Å². The highest BCUT2D eigenvalue weighted by Crippen LogP contribution is 2.18. The molecule has 0 aliphatic carbocycles. The van der Waals surface area contributed by atoms with Gasteiger partial charge in [0.2, 0.25) is 0 Å². The molecule has 0 fully saturated rings. The SMILES string of the molecule is NCC(=O)c1ccc(C(O)C(CO)NC(=O)C(Cl)Cl)cc1. The fourth-order valence-corrected chi connectivity index (χ4v) is 1.81. The van der Waals surface area contributed by atoms with Crippen molar-refractivity contribution in [2.45, 2.75) is 17.0 Å². The minimum atomic E-state index is -1.30. The van der Waals surface area contributed by atoms with Gasteiger partial charge in [-0.05, 0) is 5.56 Å². The summed E-state index contributed by atoms with van der Waals surface area (Å²) in [7, 11) is 0. The fourth-order valence-electron chi connectivity index (χ4n) is 1.69. The first kappa shape index (κ1) is 17.9. The topological polar surface area (TPSA) is 113 Å². The van der Waals surface area contributed by atoms with Gasteiger partial charge in [-0.1, -0.05) is 47.5 Å². The van der Waals surface area contributed by atoms with Gasteiger partial charge in [0.15, 0.2) is 10.6 Å². The largest absolute Gasteiger partial charge is 0.394 e. The summed E-state index contributed by atoms with van der Waals surface area (Å²) >= 11 is 10.8. The van der Waals surface area contributed by atoms with E-state index in [1.165, 1.54) is 24.3 Å². The van der Waals surface area contributed by atoms with Crippen molar-refractivity contribution in [1.82, 2.24) is 5.32 Å². The number of nitrogens with one attached hydrogen (secondary N) is 1. The van der Waals surface area contributed by atoms with Crippen molar-refractivity contribution in [3.8, 4) is 0 Å². The van der Waals surface area contributed by atoms with Gasteiger partial charge in [-0.3, -0.25) is 9.59 Å². The zero-order valence-corrected chi connectivity index (χ0v) is 12.5. The maximum Gasteiger partial charge on any atom is 0.253 e. The van der Waals surface area contributed by atoms with Gasteiger partial charge in [0.05, 0.1) is 19.2 Å². The first-order valence-electron chi connectivity index (χ1n) is 6.11. The fraction of sp³-hybridized carbons (Fsp3) is 0.385. The van der Waals surface area contributed by atoms with Crippen LogP contribution in [0.25, 0.3) is 0 Å². The Hall–Kier alpha value is -1.18. The number of benzene rings is 1. The third kappa shape index (κ3) is 4.94. The number of carbonyl (C=O) groups excluding carboxylic acids is 2. The van der Waals surface area contributed by atoms with Crippen molar-refractivity contribution in [1.29, 1.82) is 0 Å². The molecule has 0 aromatic heterocycles. The molecule has 1 aromatic rings. The predicted octanol–water partition coefficient (Wildman–Crippen LogP) is 0.142. The van der Waals surface area contributed by atoms with Crippen LogP contribution in [-0.4, -0.2) is 45.9 Å². The summed E-state index contributed by atoms with van der Waals surface area (Å²) in [6.07, 6.45) is -1.17.